The van der Waals surface area contributed by atoms with Crippen LogP contribution in [-0.4, -0.2) is 57.4 Å². The molecule has 3 saturated carbocycles. The summed E-state index contributed by atoms with van der Waals surface area (Å²) < 4.78 is 30.3. The normalized spacial score (nSPS) is 28.9. The Morgan fingerprint density at radius 2 is 2.00 bits per heavy atom. The van der Waals surface area contributed by atoms with Gasteiger partial charge in [-0.1, -0.05) is 11.6 Å². The molecule has 1 N–H and O–H groups in total. The van der Waals surface area contributed by atoms with E-state index in [1.54, 1.807) is 4.90 Å². The lowest BCUT2D eigenvalue weighted by Gasteiger charge is -2.68. The van der Waals surface area contributed by atoms with Gasteiger partial charge in [-0.25, -0.2) is 9.18 Å². The summed E-state index contributed by atoms with van der Waals surface area (Å²) in [6, 6.07) is 3.95. The summed E-state index contributed by atoms with van der Waals surface area (Å²) in [4.78, 5) is 26.3. The second-order valence-electron chi connectivity index (χ2n) is 10.9. The molecule has 35 heavy (non-hydrogen) atoms. The van der Waals surface area contributed by atoms with E-state index in [9.17, 15) is 14.0 Å². The summed E-state index contributed by atoms with van der Waals surface area (Å²) in [7, 11) is 0. The molecule has 2 heterocycles. The SMILES string of the molecule is C[C@H]1C(c2nnc(C34CC(NC(=O)COc5ccc(Cl)c(F)c5)(C3)C4)o2)CN1C(=O)OC(C)(C)C. The molecule has 6 rings (SSSR count). The van der Waals surface area contributed by atoms with E-state index in [2.05, 4.69) is 15.5 Å². The van der Waals surface area contributed by atoms with Gasteiger partial charge in [-0.3, -0.25) is 4.79 Å². The minimum Gasteiger partial charge on any atom is -0.484 e. The zero-order chi connectivity index (χ0) is 25.2. The number of benzene rings is 1. The van der Waals surface area contributed by atoms with E-state index in [0.29, 0.717) is 37.6 Å². The summed E-state index contributed by atoms with van der Waals surface area (Å²) in [5.41, 5.74) is -1.05. The van der Waals surface area contributed by atoms with E-state index >= 15 is 0 Å². The van der Waals surface area contributed by atoms with E-state index in [1.807, 2.05) is 27.7 Å². The minimum absolute atomic E-state index is 0.00252. The zero-order valence-corrected chi connectivity index (χ0v) is 20.8. The Kier molecular flexibility index (Phi) is 5.50. The van der Waals surface area contributed by atoms with Crippen molar-refractivity contribution in [3.05, 3.63) is 40.8 Å². The highest BCUT2D eigenvalue weighted by molar-refractivity contribution is 6.30. The lowest BCUT2D eigenvalue weighted by Crippen LogP contribution is -2.77. The predicted molar refractivity (Wildman–Crippen MR) is 123 cm³/mol. The van der Waals surface area contributed by atoms with Gasteiger partial charge in [-0.05, 0) is 59.1 Å². The minimum atomic E-state index is -0.598. The van der Waals surface area contributed by atoms with Gasteiger partial charge in [0, 0.05) is 24.2 Å². The number of ether oxygens (including phenoxy) is 2. The molecule has 9 nitrogen and oxygen atoms in total. The topological polar surface area (TPSA) is 107 Å². The van der Waals surface area contributed by atoms with Crippen LogP contribution in [0.4, 0.5) is 9.18 Å². The number of halogens is 2. The van der Waals surface area contributed by atoms with Crippen LogP contribution in [0.15, 0.2) is 22.6 Å². The lowest BCUT2D eigenvalue weighted by atomic mass is 9.39. The van der Waals surface area contributed by atoms with E-state index < -0.39 is 11.4 Å². The fourth-order valence-electron chi connectivity index (χ4n) is 5.25. The number of rotatable bonds is 6. The summed E-state index contributed by atoms with van der Waals surface area (Å²) in [5, 5.41) is 11.5. The highest BCUT2D eigenvalue weighted by Gasteiger charge is 2.72. The molecule has 2 aromatic rings. The number of nitrogens with one attached hydrogen (secondary N) is 1. The Hall–Kier alpha value is -2.88. The molecular formula is C24H28ClFN4O5. The van der Waals surface area contributed by atoms with Gasteiger partial charge in [-0.2, -0.15) is 0 Å². The smallest absolute Gasteiger partial charge is 0.410 e. The van der Waals surface area contributed by atoms with Crippen molar-refractivity contribution >= 4 is 23.6 Å². The summed E-state index contributed by atoms with van der Waals surface area (Å²) in [6.07, 6.45) is 1.80. The number of hydrogen-bond donors (Lipinski definition) is 1. The molecule has 4 aliphatic rings. The molecule has 3 aliphatic carbocycles. The maximum absolute atomic E-state index is 13.5. The second-order valence-corrected chi connectivity index (χ2v) is 11.3. The molecule has 4 fully saturated rings. The molecule has 0 radical (unpaired) electrons. The average molecular weight is 507 g/mol. The first-order chi connectivity index (χ1) is 16.4. The Labute approximate surface area is 207 Å². The summed E-state index contributed by atoms with van der Waals surface area (Å²) >= 11 is 5.66. The molecule has 2 amide bonds. The number of likely N-dealkylation sites (tertiary alicyclic amines) is 1. The van der Waals surface area contributed by atoms with Crippen LogP contribution in [-0.2, 0) is 14.9 Å². The molecule has 2 atom stereocenters. The van der Waals surface area contributed by atoms with Crippen LogP contribution in [0.3, 0.4) is 0 Å². The monoisotopic (exact) mass is 506 g/mol. The second kappa shape index (κ2) is 8.08. The van der Waals surface area contributed by atoms with Crippen molar-refractivity contribution in [1.82, 2.24) is 20.4 Å². The molecule has 1 aromatic heterocycles. The molecule has 11 heteroatoms. The van der Waals surface area contributed by atoms with Crippen LogP contribution in [0.5, 0.6) is 5.75 Å². The van der Waals surface area contributed by atoms with Crippen molar-refractivity contribution in [3.63, 3.8) is 0 Å². The van der Waals surface area contributed by atoms with E-state index in [4.69, 9.17) is 25.5 Å². The van der Waals surface area contributed by atoms with Crippen molar-refractivity contribution in [2.75, 3.05) is 13.2 Å². The van der Waals surface area contributed by atoms with E-state index in [1.165, 1.54) is 12.1 Å². The number of carbonyl (C=O) groups excluding carboxylic acids is 2. The zero-order valence-electron chi connectivity index (χ0n) is 20.1. The average Bonchev–Trinajstić information content (AvgIpc) is 3.17. The van der Waals surface area contributed by atoms with Crippen LogP contribution in [0, 0.1) is 5.82 Å². The van der Waals surface area contributed by atoms with Crippen molar-refractivity contribution in [2.45, 2.75) is 75.5 Å². The first-order valence-electron chi connectivity index (χ1n) is 11.6. The van der Waals surface area contributed by atoms with Crippen molar-refractivity contribution < 1.29 is 27.9 Å². The van der Waals surface area contributed by atoms with E-state index in [-0.39, 0.29) is 52.3 Å². The Morgan fingerprint density at radius 1 is 1.29 bits per heavy atom. The first kappa shape index (κ1) is 23.8. The molecule has 2 bridgehead atoms. The molecule has 1 saturated heterocycles. The van der Waals surface area contributed by atoms with Gasteiger partial charge in [0.25, 0.3) is 5.91 Å². The largest absolute Gasteiger partial charge is 0.484 e. The highest BCUT2D eigenvalue weighted by atomic mass is 35.5. The summed E-state index contributed by atoms with van der Waals surface area (Å²) in [6.45, 7) is 7.71. The number of aromatic nitrogens is 2. The van der Waals surface area contributed by atoms with Gasteiger partial charge in [0.15, 0.2) is 6.61 Å². The number of carbonyl (C=O) groups is 2. The fourth-order valence-corrected chi connectivity index (χ4v) is 5.37. The molecule has 0 spiro atoms. The maximum atomic E-state index is 13.5. The number of amides is 2. The molecule has 188 valence electrons. The van der Waals surface area contributed by atoms with Gasteiger partial charge < -0.3 is 24.1 Å². The van der Waals surface area contributed by atoms with Crippen molar-refractivity contribution in [2.24, 2.45) is 0 Å². The van der Waals surface area contributed by atoms with E-state index in [0.717, 1.165) is 6.07 Å². The third-order valence-corrected chi connectivity index (χ3v) is 7.31. The van der Waals surface area contributed by atoms with Gasteiger partial charge in [0.2, 0.25) is 11.8 Å². The third kappa shape index (κ3) is 4.32. The third-order valence-electron chi connectivity index (χ3n) is 7.00. The lowest BCUT2D eigenvalue weighted by molar-refractivity contribution is -0.143. The van der Waals surface area contributed by atoms with Crippen LogP contribution < -0.4 is 10.1 Å². The Bertz CT molecular complexity index is 1160. The number of hydrogen-bond acceptors (Lipinski definition) is 7. The summed E-state index contributed by atoms with van der Waals surface area (Å²) in [5.74, 6) is 0.451. The van der Waals surface area contributed by atoms with Gasteiger partial charge in [0.05, 0.1) is 16.4 Å². The quantitative estimate of drug-likeness (QED) is 0.632. The van der Waals surface area contributed by atoms with Crippen LogP contribution >= 0.6 is 11.6 Å². The predicted octanol–water partition coefficient (Wildman–Crippen LogP) is 3.95. The Balaban J connectivity index is 1.10. The van der Waals surface area contributed by atoms with Gasteiger partial charge in [0.1, 0.15) is 17.2 Å². The van der Waals surface area contributed by atoms with Gasteiger partial charge in [-0.15, -0.1) is 10.2 Å². The van der Waals surface area contributed by atoms with Crippen LogP contribution in [0.25, 0.3) is 0 Å². The maximum Gasteiger partial charge on any atom is 0.410 e. The fraction of sp³-hybridized carbons (Fsp3) is 0.583. The Morgan fingerprint density at radius 3 is 2.63 bits per heavy atom. The van der Waals surface area contributed by atoms with Crippen molar-refractivity contribution in [3.8, 4) is 5.75 Å². The van der Waals surface area contributed by atoms with Crippen LogP contribution in [0.1, 0.15) is 64.7 Å². The molecule has 1 aliphatic heterocycles. The molecular weight excluding hydrogens is 479 g/mol. The standard InChI is InChI=1S/C24H28ClFN4O5/c1-13-15(8-30(13)21(32)35-22(2,3)4)19-28-29-20(34-19)23-10-24(11-23,12-23)27-18(31)9-33-14-5-6-16(25)17(26)7-14/h5-7,13,15H,8-12H2,1-4H3,(H,27,31)/t13-,15?,23?,24?/m0/s1. The molecule has 1 unspecified atom stereocenters. The first-order valence-corrected chi connectivity index (χ1v) is 12.0. The van der Waals surface area contributed by atoms with Crippen molar-refractivity contribution in [1.29, 1.82) is 0 Å². The highest BCUT2D eigenvalue weighted by Crippen LogP contribution is 2.67. The van der Waals surface area contributed by atoms with Crippen LogP contribution in [0.2, 0.25) is 5.02 Å². The molecule has 1 aromatic carbocycles. The van der Waals surface area contributed by atoms with Gasteiger partial charge >= 0.3 is 6.09 Å². The number of nitrogens with zero attached hydrogens (tertiary/aromatic N) is 3.